The van der Waals surface area contributed by atoms with Crippen LogP contribution in [0.25, 0.3) is 0 Å². The Bertz CT molecular complexity index is 856. The number of carbonyl (C=O) groups excluding carboxylic acids is 2. The SMILES string of the molecule is CCOc1ccccc1C(=O)NCC(=O)N(Cc1cccs1)Cc1cccs1. The quantitative estimate of drug-likeness (QED) is 0.572. The molecule has 0 atom stereocenters. The molecule has 28 heavy (non-hydrogen) atoms. The molecule has 1 aromatic carbocycles. The number of ether oxygens (including phenoxy) is 1. The minimum atomic E-state index is -0.315. The maximum absolute atomic E-state index is 12.8. The lowest BCUT2D eigenvalue weighted by Gasteiger charge is -2.22. The van der Waals surface area contributed by atoms with E-state index in [1.165, 1.54) is 0 Å². The van der Waals surface area contributed by atoms with Gasteiger partial charge in [0.15, 0.2) is 0 Å². The standard InChI is InChI=1S/C21H22N2O3S2/c1-2-26-19-10-4-3-9-18(19)21(25)22-13-20(24)23(14-16-7-5-11-27-16)15-17-8-6-12-28-17/h3-12H,2,13-15H2,1H3,(H,22,25). The second-order valence-corrected chi connectivity index (χ2v) is 8.08. The van der Waals surface area contributed by atoms with Crippen molar-refractivity contribution < 1.29 is 14.3 Å². The fourth-order valence-corrected chi connectivity index (χ4v) is 4.15. The second kappa shape index (κ2) is 10.1. The number of rotatable bonds is 9. The maximum atomic E-state index is 12.8. The summed E-state index contributed by atoms with van der Waals surface area (Å²) in [5.74, 6) is 0.0811. The lowest BCUT2D eigenvalue weighted by molar-refractivity contribution is -0.131. The van der Waals surface area contributed by atoms with Crippen LogP contribution in [0.3, 0.4) is 0 Å². The van der Waals surface area contributed by atoms with Crippen molar-refractivity contribution >= 4 is 34.5 Å². The Morgan fingerprint density at radius 1 is 0.964 bits per heavy atom. The molecule has 2 heterocycles. The summed E-state index contributed by atoms with van der Waals surface area (Å²) in [6, 6.07) is 15.0. The lowest BCUT2D eigenvalue weighted by atomic mass is 10.2. The molecule has 7 heteroatoms. The molecule has 0 fully saturated rings. The van der Waals surface area contributed by atoms with E-state index < -0.39 is 0 Å². The van der Waals surface area contributed by atoms with E-state index in [0.717, 1.165) is 9.75 Å². The molecule has 0 aliphatic heterocycles. The monoisotopic (exact) mass is 414 g/mol. The van der Waals surface area contributed by atoms with Crippen molar-refractivity contribution in [1.29, 1.82) is 0 Å². The molecule has 2 aromatic heterocycles. The minimum Gasteiger partial charge on any atom is -0.493 e. The van der Waals surface area contributed by atoms with E-state index in [4.69, 9.17) is 4.74 Å². The predicted octanol–water partition coefficient (Wildman–Crippen LogP) is 4.17. The van der Waals surface area contributed by atoms with Crippen LogP contribution >= 0.6 is 22.7 Å². The van der Waals surface area contributed by atoms with Gasteiger partial charge in [-0.2, -0.15) is 0 Å². The van der Waals surface area contributed by atoms with E-state index in [2.05, 4.69) is 5.32 Å². The van der Waals surface area contributed by atoms with Crippen LogP contribution < -0.4 is 10.1 Å². The third-order valence-electron chi connectivity index (χ3n) is 4.04. The lowest BCUT2D eigenvalue weighted by Crippen LogP contribution is -2.39. The number of thiophene rings is 2. The zero-order valence-electron chi connectivity index (χ0n) is 15.6. The molecule has 1 N–H and O–H groups in total. The summed E-state index contributed by atoms with van der Waals surface area (Å²) >= 11 is 3.23. The molecule has 2 amide bonds. The highest BCUT2D eigenvalue weighted by atomic mass is 32.1. The van der Waals surface area contributed by atoms with Crippen molar-refractivity contribution in [1.82, 2.24) is 10.2 Å². The highest BCUT2D eigenvalue weighted by Crippen LogP contribution is 2.19. The first-order valence-electron chi connectivity index (χ1n) is 9.00. The summed E-state index contributed by atoms with van der Waals surface area (Å²) in [6.07, 6.45) is 0. The average Bonchev–Trinajstić information content (AvgIpc) is 3.40. The van der Waals surface area contributed by atoms with Crippen molar-refractivity contribution in [2.75, 3.05) is 13.2 Å². The molecule has 0 aliphatic rings. The molecule has 3 aromatic rings. The molecule has 146 valence electrons. The van der Waals surface area contributed by atoms with E-state index in [1.54, 1.807) is 45.8 Å². The van der Waals surface area contributed by atoms with Gasteiger partial charge in [-0.05, 0) is 41.9 Å². The zero-order chi connectivity index (χ0) is 19.8. The Morgan fingerprint density at radius 2 is 1.61 bits per heavy atom. The van der Waals surface area contributed by atoms with Crippen molar-refractivity contribution in [3.8, 4) is 5.75 Å². The average molecular weight is 415 g/mol. The number of hydrogen-bond donors (Lipinski definition) is 1. The van der Waals surface area contributed by atoms with Crippen molar-refractivity contribution in [3.05, 3.63) is 74.6 Å². The largest absolute Gasteiger partial charge is 0.493 e. The molecule has 0 unspecified atom stereocenters. The van der Waals surface area contributed by atoms with Crippen LogP contribution in [0.4, 0.5) is 0 Å². The van der Waals surface area contributed by atoms with Crippen LogP contribution in [-0.2, 0) is 17.9 Å². The normalized spacial score (nSPS) is 10.5. The van der Waals surface area contributed by atoms with Crippen molar-refractivity contribution in [2.24, 2.45) is 0 Å². The molecule has 0 aliphatic carbocycles. The summed E-state index contributed by atoms with van der Waals surface area (Å²) in [5.41, 5.74) is 0.431. The van der Waals surface area contributed by atoms with Gasteiger partial charge in [-0.3, -0.25) is 9.59 Å². The van der Waals surface area contributed by atoms with Gasteiger partial charge in [-0.25, -0.2) is 0 Å². The Hall–Kier alpha value is -2.64. The van der Waals surface area contributed by atoms with Gasteiger partial charge in [-0.15, -0.1) is 22.7 Å². The van der Waals surface area contributed by atoms with Crippen LogP contribution in [0.15, 0.2) is 59.3 Å². The third-order valence-corrected chi connectivity index (χ3v) is 5.76. The van der Waals surface area contributed by atoms with E-state index in [1.807, 2.05) is 48.0 Å². The van der Waals surface area contributed by atoms with E-state index in [0.29, 0.717) is 31.0 Å². The molecular weight excluding hydrogens is 392 g/mol. The van der Waals surface area contributed by atoms with Gasteiger partial charge in [0.1, 0.15) is 5.75 Å². The molecule has 0 spiro atoms. The minimum absolute atomic E-state index is 0.0595. The summed E-state index contributed by atoms with van der Waals surface area (Å²) in [5, 5.41) is 6.73. The first-order chi connectivity index (χ1) is 13.7. The number of carbonyl (C=O) groups is 2. The maximum Gasteiger partial charge on any atom is 0.255 e. The van der Waals surface area contributed by atoms with Crippen molar-refractivity contribution in [3.63, 3.8) is 0 Å². The van der Waals surface area contributed by atoms with Gasteiger partial charge >= 0.3 is 0 Å². The van der Waals surface area contributed by atoms with Gasteiger partial charge < -0.3 is 15.0 Å². The van der Waals surface area contributed by atoms with Crippen LogP contribution in [0.2, 0.25) is 0 Å². The molecule has 3 rings (SSSR count). The van der Waals surface area contributed by atoms with E-state index in [-0.39, 0.29) is 18.4 Å². The van der Waals surface area contributed by atoms with Gasteiger partial charge in [-0.1, -0.05) is 24.3 Å². The fraction of sp³-hybridized carbons (Fsp3) is 0.238. The van der Waals surface area contributed by atoms with Crippen LogP contribution in [0, 0.1) is 0 Å². The number of para-hydroxylation sites is 1. The van der Waals surface area contributed by atoms with Crippen molar-refractivity contribution in [2.45, 2.75) is 20.0 Å². The molecule has 0 saturated carbocycles. The topological polar surface area (TPSA) is 58.6 Å². The number of nitrogens with zero attached hydrogens (tertiary/aromatic N) is 1. The van der Waals surface area contributed by atoms with E-state index in [9.17, 15) is 9.59 Å². The van der Waals surface area contributed by atoms with Gasteiger partial charge in [0, 0.05) is 9.75 Å². The fourth-order valence-electron chi connectivity index (χ4n) is 2.71. The highest BCUT2D eigenvalue weighted by Gasteiger charge is 2.18. The Balaban J connectivity index is 1.65. The number of nitrogens with one attached hydrogen (secondary N) is 1. The highest BCUT2D eigenvalue weighted by molar-refractivity contribution is 7.10. The van der Waals surface area contributed by atoms with Gasteiger partial charge in [0.2, 0.25) is 5.91 Å². The molecule has 0 bridgehead atoms. The third kappa shape index (κ3) is 5.43. The Labute approximate surface area is 172 Å². The summed E-state index contributed by atoms with van der Waals surface area (Å²) < 4.78 is 5.50. The molecule has 0 saturated heterocycles. The second-order valence-electron chi connectivity index (χ2n) is 6.02. The summed E-state index contributed by atoms with van der Waals surface area (Å²) in [4.78, 5) is 29.4. The predicted molar refractivity (Wildman–Crippen MR) is 113 cm³/mol. The molecular formula is C21H22N2O3S2. The first kappa shape index (κ1) is 20.1. The Kier molecular flexibility index (Phi) is 7.22. The smallest absolute Gasteiger partial charge is 0.255 e. The summed E-state index contributed by atoms with van der Waals surface area (Å²) in [6.45, 7) is 3.33. The number of benzene rings is 1. The molecule has 5 nitrogen and oxygen atoms in total. The Morgan fingerprint density at radius 3 is 2.18 bits per heavy atom. The molecule has 0 radical (unpaired) electrons. The van der Waals surface area contributed by atoms with Crippen LogP contribution in [0.5, 0.6) is 5.75 Å². The van der Waals surface area contributed by atoms with Gasteiger partial charge in [0.25, 0.3) is 5.91 Å². The van der Waals surface area contributed by atoms with Crippen LogP contribution in [0.1, 0.15) is 27.0 Å². The first-order valence-corrected chi connectivity index (χ1v) is 10.8. The van der Waals surface area contributed by atoms with E-state index >= 15 is 0 Å². The summed E-state index contributed by atoms with van der Waals surface area (Å²) in [7, 11) is 0. The van der Waals surface area contributed by atoms with Gasteiger partial charge in [0.05, 0.1) is 31.8 Å². The number of amides is 2. The zero-order valence-corrected chi connectivity index (χ0v) is 17.2. The van der Waals surface area contributed by atoms with Crippen LogP contribution in [-0.4, -0.2) is 29.9 Å². The number of hydrogen-bond acceptors (Lipinski definition) is 5.